The first kappa shape index (κ1) is 45.1. The molecule has 0 amide bonds. The van der Waals surface area contributed by atoms with E-state index < -0.39 is 30.2 Å². The van der Waals surface area contributed by atoms with Crippen LogP contribution in [0.2, 0.25) is 0 Å². The molecule has 0 saturated heterocycles. The van der Waals surface area contributed by atoms with E-state index in [9.17, 15) is 5.11 Å². The van der Waals surface area contributed by atoms with E-state index in [0.717, 1.165) is 6.54 Å². The fourth-order valence-electron chi connectivity index (χ4n) is 5.89. The zero-order valence-electron chi connectivity index (χ0n) is 32.9. The molecule has 14 nitrogen and oxygen atoms in total. The SMILES string of the molecule is CO/C([O-])=C(\C)C[P+](N=P(N(C)C)(N(C)C)N(C)C)(N=P(N(C)C)(N(C)C)N(C)C)N=P(N(C)C)(N(C)C)N(C)CC(C)(C)C. The summed E-state index contributed by atoms with van der Waals surface area (Å²) in [7, 11) is 25.8. The summed E-state index contributed by atoms with van der Waals surface area (Å²) in [6.07, 6.45) is 0.265. The van der Waals surface area contributed by atoms with Gasteiger partial charge in [-0.25, -0.2) is 42.0 Å². The summed E-state index contributed by atoms with van der Waals surface area (Å²) in [5.74, 6) is -0.367. The second-order valence-electron chi connectivity index (χ2n) is 14.2. The Labute approximate surface area is 279 Å². The Morgan fingerprint density at radius 3 is 1.07 bits per heavy atom. The molecule has 18 heteroatoms. The van der Waals surface area contributed by atoms with Gasteiger partial charge < -0.3 is 9.84 Å². The highest BCUT2D eigenvalue weighted by Gasteiger charge is 2.53. The highest BCUT2D eigenvalue weighted by molar-refractivity contribution is 7.86. The molecule has 0 aliphatic rings. The molecule has 0 aliphatic heterocycles. The second kappa shape index (κ2) is 17.2. The normalized spacial score (nSPS) is 15.1. The zero-order chi connectivity index (χ0) is 36.1. The van der Waals surface area contributed by atoms with Crippen LogP contribution in [0.25, 0.3) is 0 Å². The summed E-state index contributed by atoms with van der Waals surface area (Å²) >= 11 is 0. The Morgan fingerprint density at radius 2 is 0.844 bits per heavy atom. The molecule has 0 bridgehead atoms. The molecule has 0 atom stereocenters. The van der Waals surface area contributed by atoms with Gasteiger partial charge in [-0.05, 0) is 158 Å². The summed E-state index contributed by atoms with van der Waals surface area (Å²) < 4.78 is 43.4. The number of nitrogens with zero attached hydrogens (tertiary/aromatic N) is 12. The third-order valence-corrected chi connectivity index (χ3v) is 24.1. The van der Waals surface area contributed by atoms with Crippen LogP contribution in [0.15, 0.2) is 25.1 Å². The Bertz CT molecular complexity index is 1050. The number of ether oxygens (including phenoxy) is 1. The second-order valence-corrected chi connectivity index (χ2v) is 28.3. The number of allylic oxidation sites excluding steroid dienone is 1. The number of hydrogen-bond donors (Lipinski definition) is 0. The first-order valence-corrected chi connectivity index (χ1v) is 21.6. The van der Waals surface area contributed by atoms with Crippen molar-refractivity contribution in [1.82, 2.24) is 42.0 Å². The van der Waals surface area contributed by atoms with Gasteiger partial charge in [0.05, 0.1) is 5.95 Å². The zero-order valence-corrected chi connectivity index (χ0v) is 36.5. The standard InChI is InChI=1S/C27H70N12O2P4/c1-25(26(40)41-22)23-42(28-43(31(5)6,32(7)8)33(9)10,29-44(34(11)12,35(13)14)36(15)16)30-45(37(17)18,38(19)20)39(21)24-27(2,3)4/h23-24H2,1-22H3/b26-25+. The Balaban J connectivity index is 9.58. The number of hydrogen-bond acceptors (Lipinski definition) is 5. The highest BCUT2D eigenvalue weighted by Crippen LogP contribution is 2.83. The van der Waals surface area contributed by atoms with Crippen molar-refractivity contribution in [3.8, 4) is 0 Å². The van der Waals surface area contributed by atoms with Crippen LogP contribution in [0, 0.1) is 5.41 Å². The predicted molar refractivity (Wildman–Crippen MR) is 201 cm³/mol. The van der Waals surface area contributed by atoms with Crippen LogP contribution in [-0.4, -0.2) is 182 Å². The van der Waals surface area contributed by atoms with Crippen molar-refractivity contribution >= 4 is 30.2 Å². The van der Waals surface area contributed by atoms with Crippen LogP contribution in [0.4, 0.5) is 0 Å². The van der Waals surface area contributed by atoms with E-state index in [1.54, 1.807) is 0 Å². The summed E-state index contributed by atoms with van der Waals surface area (Å²) in [4.78, 5) is 0. The molecule has 0 aromatic rings. The van der Waals surface area contributed by atoms with Gasteiger partial charge in [-0.2, -0.15) is 0 Å². The average molecular weight is 719 g/mol. The van der Waals surface area contributed by atoms with Gasteiger partial charge in [-0.1, -0.05) is 20.8 Å². The van der Waals surface area contributed by atoms with Crippen molar-refractivity contribution in [3.05, 3.63) is 11.5 Å². The molecule has 0 unspecified atom stereocenters. The van der Waals surface area contributed by atoms with Crippen LogP contribution in [-0.2, 0) is 4.74 Å². The smallest absolute Gasteiger partial charge is 0.376 e. The van der Waals surface area contributed by atoms with E-state index in [2.05, 4.69) is 183 Å². The summed E-state index contributed by atoms with van der Waals surface area (Å²) in [5.41, 5.74) is 0.562. The fourth-order valence-corrected chi connectivity index (χ4v) is 25.9. The van der Waals surface area contributed by atoms with Crippen molar-refractivity contribution in [2.75, 3.05) is 140 Å². The maximum absolute atomic E-state index is 13.2. The van der Waals surface area contributed by atoms with Crippen molar-refractivity contribution in [2.24, 2.45) is 19.0 Å². The quantitative estimate of drug-likeness (QED) is 0.154. The molecule has 0 aromatic heterocycles. The summed E-state index contributed by atoms with van der Waals surface area (Å²) in [5, 5.41) is 13.2. The van der Waals surface area contributed by atoms with E-state index in [4.69, 9.17) is 18.3 Å². The molecule has 0 aromatic carbocycles. The van der Waals surface area contributed by atoms with Gasteiger partial charge in [0, 0.05) is 6.54 Å². The van der Waals surface area contributed by atoms with E-state index in [0.29, 0.717) is 5.57 Å². The van der Waals surface area contributed by atoms with E-state index >= 15 is 0 Å². The molecule has 0 heterocycles. The molecular weight excluding hydrogens is 648 g/mol. The molecule has 0 spiro atoms. The maximum atomic E-state index is 13.2. The lowest BCUT2D eigenvalue weighted by atomic mass is 9.97. The van der Waals surface area contributed by atoms with E-state index in [1.165, 1.54) is 7.11 Å². The Morgan fingerprint density at radius 1 is 0.578 bits per heavy atom. The monoisotopic (exact) mass is 718 g/mol. The van der Waals surface area contributed by atoms with Gasteiger partial charge in [0.15, 0.2) is 0 Å². The van der Waals surface area contributed by atoms with Crippen LogP contribution in [0.3, 0.4) is 0 Å². The lowest BCUT2D eigenvalue weighted by Crippen LogP contribution is -2.37. The lowest BCUT2D eigenvalue weighted by Gasteiger charge is -2.45. The van der Waals surface area contributed by atoms with E-state index in [-0.39, 0.29) is 17.5 Å². The van der Waals surface area contributed by atoms with Gasteiger partial charge >= 0.3 is 7.71 Å². The minimum atomic E-state index is -3.22. The van der Waals surface area contributed by atoms with E-state index in [1.807, 2.05) is 6.92 Å². The molecule has 0 rings (SSSR count). The van der Waals surface area contributed by atoms with Gasteiger partial charge in [0.1, 0.15) is 6.16 Å². The predicted octanol–water partition coefficient (Wildman–Crippen LogP) is 5.30. The first-order valence-electron chi connectivity index (χ1n) is 15.0. The van der Waals surface area contributed by atoms with Gasteiger partial charge in [0.25, 0.3) is 0 Å². The number of rotatable bonds is 16. The lowest BCUT2D eigenvalue weighted by molar-refractivity contribution is -0.355. The maximum Gasteiger partial charge on any atom is 0.376 e. The first-order chi connectivity index (χ1) is 20.2. The third kappa shape index (κ3) is 10.1. The van der Waals surface area contributed by atoms with Crippen molar-refractivity contribution in [1.29, 1.82) is 0 Å². The van der Waals surface area contributed by atoms with Crippen LogP contribution in [0.1, 0.15) is 27.7 Å². The fraction of sp³-hybridized carbons (Fsp3) is 0.926. The van der Waals surface area contributed by atoms with Gasteiger partial charge in [0.2, 0.25) is 22.5 Å². The number of methoxy groups -OCH3 is 1. The molecule has 0 aliphatic carbocycles. The third-order valence-electron chi connectivity index (χ3n) is 7.23. The van der Waals surface area contributed by atoms with Gasteiger partial charge in [-0.3, -0.25) is 0 Å². The summed E-state index contributed by atoms with van der Waals surface area (Å²) in [6, 6.07) is 0. The highest BCUT2D eigenvalue weighted by atomic mass is 31.3. The average Bonchev–Trinajstić information content (AvgIpc) is 2.85. The van der Waals surface area contributed by atoms with Crippen LogP contribution < -0.4 is 5.11 Å². The largest absolute Gasteiger partial charge is 0.616 e. The van der Waals surface area contributed by atoms with Crippen LogP contribution in [0.5, 0.6) is 0 Å². The molecule has 0 saturated carbocycles. The Hall–Kier alpha value is 0.1000. The van der Waals surface area contributed by atoms with Gasteiger partial charge in [-0.15, -0.1) is 0 Å². The molecule has 270 valence electrons. The molecule has 45 heavy (non-hydrogen) atoms. The molecule has 0 radical (unpaired) electrons. The van der Waals surface area contributed by atoms with Crippen molar-refractivity contribution in [3.63, 3.8) is 0 Å². The Kier molecular flexibility index (Phi) is 17.2. The summed E-state index contributed by atoms with van der Waals surface area (Å²) in [6.45, 7) is 9.38. The minimum absolute atomic E-state index is 0.00627. The molecular formula is C27H70N12O2P4. The minimum Gasteiger partial charge on any atom is -0.616 e. The van der Waals surface area contributed by atoms with Crippen molar-refractivity contribution < 1.29 is 9.84 Å². The topological polar surface area (TPSA) is 98.5 Å². The van der Waals surface area contributed by atoms with Crippen molar-refractivity contribution in [2.45, 2.75) is 27.7 Å². The molecule has 0 N–H and O–H groups in total. The van der Waals surface area contributed by atoms with Crippen LogP contribution >= 0.6 is 30.2 Å². The molecule has 0 fully saturated rings.